The number of aromatic nitrogens is 1. The summed E-state index contributed by atoms with van der Waals surface area (Å²) in [6.45, 7) is 5.56. The number of hydrogen-bond acceptors (Lipinski definition) is 8. The minimum Gasteiger partial charge on any atom is -0.496 e. The summed E-state index contributed by atoms with van der Waals surface area (Å²) in [6, 6.07) is 18.4. The molecule has 3 aromatic carbocycles. The number of methoxy groups -OCH3 is 1. The highest BCUT2D eigenvalue weighted by Crippen LogP contribution is 2.37. The number of thiazole rings is 1. The summed E-state index contributed by atoms with van der Waals surface area (Å²) in [5, 5.41) is 9.06. The zero-order valence-electron chi connectivity index (χ0n) is 24.4. The van der Waals surface area contributed by atoms with Gasteiger partial charge in [-0.25, -0.2) is 14.6 Å². The number of carbonyl (C=O) groups excluding carboxylic acids is 1. The van der Waals surface area contributed by atoms with Gasteiger partial charge in [0.05, 0.1) is 34.6 Å². The predicted octanol–water partition coefficient (Wildman–Crippen LogP) is 5.24. The van der Waals surface area contributed by atoms with Crippen LogP contribution in [-0.2, 0) is 16.1 Å². The number of halogens is 1. The molecule has 0 saturated heterocycles. The Labute approximate surface area is 265 Å². The molecule has 0 radical (unpaired) electrons. The Hall–Kier alpha value is -4.48. The Morgan fingerprint density at radius 2 is 1.80 bits per heavy atom. The van der Waals surface area contributed by atoms with Gasteiger partial charge in [0, 0.05) is 10.0 Å². The molecule has 0 bridgehead atoms. The van der Waals surface area contributed by atoms with Crippen molar-refractivity contribution in [3.8, 4) is 11.5 Å². The maximum absolute atomic E-state index is 14.0. The van der Waals surface area contributed by atoms with E-state index in [2.05, 4.69) is 20.9 Å². The van der Waals surface area contributed by atoms with Crippen molar-refractivity contribution in [3.05, 3.63) is 124 Å². The second kappa shape index (κ2) is 13.0. The number of carboxylic acid groups (broad SMARTS) is 1. The van der Waals surface area contributed by atoms with Crippen molar-refractivity contribution in [1.82, 2.24) is 4.57 Å². The SMILES string of the molecule is COc1ccc(Br)cc1[C@H]1C(C(=O)OC(C)C)=C(C)N=c2s/c(=C\c3ccc(OCc4ccc(C(=O)O)cc4)cc3)c(=O)n21. The number of allylic oxidation sites excluding steroid dienone is 1. The molecule has 1 atom stereocenters. The van der Waals surface area contributed by atoms with Gasteiger partial charge in [-0.3, -0.25) is 9.36 Å². The Kier molecular flexibility index (Phi) is 9.17. The van der Waals surface area contributed by atoms with Crippen LogP contribution in [0.15, 0.2) is 92.3 Å². The first-order valence-corrected chi connectivity index (χ1v) is 15.3. The van der Waals surface area contributed by atoms with Crippen molar-refractivity contribution < 1.29 is 28.9 Å². The molecular formula is C33H29BrN2O7S. The Morgan fingerprint density at radius 3 is 2.43 bits per heavy atom. The summed E-state index contributed by atoms with van der Waals surface area (Å²) in [6.07, 6.45) is 1.42. The van der Waals surface area contributed by atoms with Crippen LogP contribution in [0.1, 0.15) is 53.9 Å². The molecule has 4 aromatic rings. The number of hydrogen-bond donors (Lipinski definition) is 1. The number of esters is 1. The summed E-state index contributed by atoms with van der Waals surface area (Å²) >= 11 is 4.75. The van der Waals surface area contributed by atoms with Crippen LogP contribution in [0.25, 0.3) is 6.08 Å². The normalized spacial score (nSPS) is 14.7. The Bertz CT molecular complexity index is 1940. The lowest BCUT2D eigenvalue weighted by Crippen LogP contribution is -2.40. The van der Waals surface area contributed by atoms with Crippen LogP contribution in [0.2, 0.25) is 0 Å². The third-order valence-corrected chi connectivity index (χ3v) is 8.33. The standard InChI is InChI=1S/C33H29BrN2O7S/c1-18(2)43-32(40)28-19(3)35-33-36(29(28)25-16-23(34)11-14-26(25)41-4)30(37)27(44-33)15-20-7-12-24(13-8-20)42-17-21-5-9-22(10-6-21)31(38)39/h5-16,18,29H,17H2,1-4H3,(H,38,39)/b27-15-/t29-/m0/s1. The molecule has 11 heteroatoms. The van der Waals surface area contributed by atoms with Gasteiger partial charge in [-0.1, -0.05) is 51.5 Å². The number of benzene rings is 3. The molecule has 1 aromatic heterocycles. The number of carbonyl (C=O) groups is 2. The first kappa shape index (κ1) is 31.0. The first-order valence-electron chi connectivity index (χ1n) is 13.7. The smallest absolute Gasteiger partial charge is 0.338 e. The number of fused-ring (bicyclic) bond motifs is 1. The van der Waals surface area contributed by atoms with Gasteiger partial charge in [0.25, 0.3) is 5.56 Å². The number of ether oxygens (including phenoxy) is 3. The van der Waals surface area contributed by atoms with Gasteiger partial charge >= 0.3 is 11.9 Å². The highest BCUT2D eigenvalue weighted by atomic mass is 79.9. The van der Waals surface area contributed by atoms with E-state index in [0.717, 1.165) is 15.6 Å². The number of carboxylic acids is 1. The largest absolute Gasteiger partial charge is 0.496 e. The van der Waals surface area contributed by atoms with E-state index in [1.807, 2.05) is 24.3 Å². The lowest BCUT2D eigenvalue weighted by molar-refractivity contribution is -0.143. The first-order chi connectivity index (χ1) is 21.0. The van der Waals surface area contributed by atoms with Gasteiger partial charge in [-0.15, -0.1) is 0 Å². The van der Waals surface area contributed by atoms with E-state index in [1.54, 1.807) is 64.3 Å². The highest BCUT2D eigenvalue weighted by Gasteiger charge is 2.35. The van der Waals surface area contributed by atoms with Gasteiger partial charge in [0.1, 0.15) is 24.1 Å². The van der Waals surface area contributed by atoms with Gasteiger partial charge in [0.2, 0.25) is 0 Å². The van der Waals surface area contributed by atoms with E-state index in [1.165, 1.54) is 28.0 Å². The number of rotatable bonds is 9. The van der Waals surface area contributed by atoms with E-state index in [9.17, 15) is 14.4 Å². The predicted molar refractivity (Wildman–Crippen MR) is 170 cm³/mol. The molecule has 2 heterocycles. The molecular weight excluding hydrogens is 648 g/mol. The molecule has 9 nitrogen and oxygen atoms in total. The van der Waals surface area contributed by atoms with Gasteiger partial charge < -0.3 is 19.3 Å². The van der Waals surface area contributed by atoms with Gasteiger partial charge in [-0.2, -0.15) is 0 Å². The molecule has 1 aliphatic heterocycles. The van der Waals surface area contributed by atoms with Crippen LogP contribution >= 0.6 is 27.3 Å². The van der Waals surface area contributed by atoms with Gasteiger partial charge in [0.15, 0.2) is 4.80 Å². The monoisotopic (exact) mass is 676 g/mol. The molecule has 5 rings (SSSR count). The average molecular weight is 678 g/mol. The fourth-order valence-electron chi connectivity index (χ4n) is 4.80. The summed E-state index contributed by atoms with van der Waals surface area (Å²) in [7, 11) is 1.54. The quantitative estimate of drug-likeness (QED) is 0.241. The van der Waals surface area contributed by atoms with E-state index in [4.69, 9.17) is 19.3 Å². The second-order valence-corrected chi connectivity index (χ2v) is 12.2. The fourth-order valence-corrected chi connectivity index (χ4v) is 6.22. The summed E-state index contributed by atoms with van der Waals surface area (Å²) < 4.78 is 19.8. The lowest BCUT2D eigenvalue weighted by atomic mass is 9.95. The molecule has 44 heavy (non-hydrogen) atoms. The van der Waals surface area contributed by atoms with Gasteiger partial charge in [-0.05, 0) is 80.4 Å². The third-order valence-electron chi connectivity index (χ3n) is 6.85. The Morgan fingerprint density at radius 1 is 1.09 bits per heavy atom. The minimum atomic E-state index is -0.979. The van der Waals surface area contributed by atoms with Crippen molar-refractivity contribution in [2.24, 2.45) is 4.99 Å². The number of nitrogens with zero attached hydrogens (tertiary/aromatic N) is 2. The molecule has 0 aliphatic carbocycles. The molecule has 226 valence electrons. The van der Waals surface area contributed by atoms with Crippen molar-refractivity contribution in [2.75, 3.05) is 7.11 Å². The van der Waals surface area contributed by atoms with Crippen LogP contribution in [0.3, 0.4) is 0 Å². The van der Waals surface area contributed by atoms with Crippen LogP contribution in [0.5, 0.6) is 11.5 Å². The topological polar surface area (TPSA) is 116 Å². The zero-order chi connectivity index (χ0) is 31.5. The van der Waals surface area contributed by atoms with Crippen LogP contribution in [-0.4, -0.2) is 34.8 Å². The van der Waals surface area contributed by atoms with Crippen molar-refractivity contribution in [3.63, 3.8) is 0 Å². The molecule has 0 spiro atoms. The molecule has 1 aliphatic rings. The minimum absolute atomic E-state index is 0.215. The summed E-state index contributed by atoms with van der Waals surface area (Å²) in [5.74, 6) is -0.383. The molecule has 0 fully saturated rings. The fraction of sp³-hybridized carbons (Fsp3) is 0.212. The molecule has 0 amide bonds. The van der Waals surface area contributed by atoms with Crippen molar-refractivity contribution >= 4 is 45.3 Å². The molecule has 1 N–H and O–H groups in total. The maximum atomic E-state index is 14.0. The maximum Gasteiger partial charge on any atom is 0.338 e. The molecule has 0 saturated carbocycles. The molecule has 0 unspecified atom stereocenters. The second-order valence-electron chi connectivity index (χ2n) is 10.3. The van der Waals surface area contributed by atoms with Crippen LogP contribution in [0, 0.1) is 0 Å². The lowest BCUT2D eigenvalue weighted by Gasteiger charge is -2.26. The number of aromatic carboxylic acids is 1. The zero-order valence-corrected chi connectivity index (χ0v) is 26.8. The summed E-state index contributed by atoms with van der Waals surface area (Å²) in [4.78, 5) is 43.5. The average Bonchev–Trinajstić information content (AvgIpc) is 3.29. The van der Waals surface area contributed by atoms with Crippen molar-refractivity contribution in [2.45, 2.75) is 39.5 Å². The van der Waals surface area contributed by atoms with Crippen LogP contribution < -0.4 is 24.4 Å². The van der Waals surface area contributed by atoms with E-state index >= 15 is 0 Å². The van der Waals surface area contributed by atoms with E-state index in [0.29, 0.717) is 32.1 Å². The van der Waals surface area contributed by atoms with E-state index in [-0.39, 0.29) is 29.4 Å². The van der Waals surface area contributed by atoms with Crippen LogP contribution in [0.4, 0.5) is 0 Å². The van der Waals surface area contributed by atoms with Crippen molar-refractivity contribution in [1.29, 1.82) is 0 Å². The summed E-state index contributed by atoms with van der Waals surface area (Å²) in [5.41, 5.74) is 2.89. The van der Waals surface area contributed by atoms with E-state index < -0.39 is 18.0 Å². The third kappa shape index (κ3) is 6.53. The Balaban J connectivity index is 1.49. The highest BCUT2D eigenvalue weighted by molar-refractivity contribution is 9.10.